The highest BCUT2D eigenvalue weighted by Gasteiger charge is 2.44. The lowest BCUT2D eigenvalue weighted by molar-refractivity contribution is -0.230. The first-order valence-electron chi connectivity index (χ1n) is 6.42. The number of rotatable bonds is 3. The Kier molecular flexibility index (Phi) is 3.47. The highest BCUT2D eigenvalue weighted by atomic mass is 32.2. The van der Waals surface area contributed by atoms with Crippen LogP contribution in [0.2, 0.25) is 0 Å². The van der Waals surface area contributed by atoms with Crippen molar-refractivity contribution in [1.29, 1.82) is 0 Å². The van der Waals surface area contributed by atoms with Gasteiger partial charge in [0.25, 0.3) is 11.0 Å². The van der Waals surface area contributed by atoms with Gasteiger partial charge in [-0.3, -0.25) is 4.18 Å². The van der Waals surface area contributed by atoms with Gasteiger partial charge in [-0.25, -0.2) is 8.42 Å². The highest BCUT2D eigenvalue weighted by molar-refractivity contribution is 7.67. The average molecular weight is 284 g/mol. The Morgan fingerprint density at radius 1 is 1.26 bits per heavy atom. The normalized spacial score (nSPS) is 24.4. The van der Waals surface area contributed by atoms with E-state index >= 15 is 0 Å². The molecule has 104 valence electrons. The Morgan fingerprint density at radius 2 is 2.00 bits per heavy atom. The Bertz CT molecular complexity index is 526. The predicted octanol–water partition coefficient (Wildman–Crippen LogP) is 1.95. The number of thiol groups is 1. The fourth-order valence-corrected chi connectivity index (χ4v) is 3.03. The molecule has 1 aromatic carbocycles. The smallest absolute Gasteiger partial charge is 0.257 e. The molecule has 1 unspecified atom stereocenters. The monoisotopic (exact) mass is 284 g/mol. The first kappa shape index (κ1) is 12.9. The van der Waals surface area contributed by atoms with Gasteiger partial charge < -0.3 is 9.47 Å². The van der Waals surface area contributed by atoms with E-state index in [9.17, 15) is 8.42 Å². The van der Waals surface area contributed by atoms with Crippen LogP contribution >= 0.6 is 0 Å². The molecule has 1 atom stereocenters. The quantitative estimate of drug-likeness (QED) is 0.860. The lowest BCUT2D eigenvalue weighted by Crippen LogP contribution is -2.42. The Hall–Kier alpha value is -1.11. The van der Waals surface area contributed by atoms with Gasteiger partial charge in [0.1, 0.15) is 11.9 Å². The average Bonchev–Trinajstić information content (AvgIpc) is 2.83. The van der Waals surface area contributed by atoms with Gasteiger partial charge in [-0.15, -0.1) is 0 Å². The van der Waals surface area contributed by atoms with Gasteiger partial charge in [-0.05, 0) is 18.9 Å². The number of benzene rings is 1. The summed E-state index contributed by atoms with van der Waals surface area (Å²) in [6, 6.07) is 7.55. The number of hydrogen-bond donors (Lipinski definition) is 1. The molecule has 1 aliphatic heterocycles. The van der Waals surface area contributed by atoms with Crippen LogP contribution in [0.15, 0.2) is 24.3 Å². The molecule has 0 radical (unpaired) electrons. The second-order valence-corrected chi connectivity index (χ2v) is 5.59. The van der Waals surface area contributed by atoms with Crippen LogP contribution in [0.1, 0.15) is 37.4 Å². The van der Waals surface area contributed by atoms with E-state index in [2.05, 4.69) is 0 Å². The van der Waals surface area contributed by atoms with Crippen molar-refractivity contribution in [1.82, 2.24) is 0 Å². The van der Waals surface area contributed by atoms with Crippen molar-refractivity contribution in [2.75, 3.05) is 6.61 Å². The first-order chi connectivity index (χ1) is 9.19. The van der Waals surface area contributed by atoms with Gasteiger partial charge >= 0.3 is 0 Å². The molecule has 5 nitrogen and oxygen atoms in total. The molecule has 3 rings (SSSR count). The molecule has 1 spiro atoms. The molecule has 0 saturated heterocycles. The largest absolute Gasteiger partial charge is 0.462 e. The van der Waals surface area contributed by atoms with Crippen LogP contribution in [-0.4, -0.2) is 20.8 Å². The van der Waals surface area contributed by atoms with Gasteiger partial charge in [0, 0.05) is 18.4 Å². The maximum atomic E-state index is 10.6. The molecule has 1 saturated carbocycles. The molecule has 0 N–H and O–H groups in total. The van der Waals surface area contributed by atoms with E-state index in [1.54, 1.807) is 0 Å². The molecule has 0 amide bonds. The zero-order valence-electron chi connectivity index (χ0n) is 10.4. The van der Waals surface area contributed by atoms with Crippen LogP contribution < -0.4 is 4.74 Å². The summed E-state index contributed by atoms with van der Waals surface area (Å²) in [4.78, 5) is 0. The summed E-state index contributed by atoms with van der Waals surface area (Å²) in [6.07, 6.45) is 3.40. The number of fused-ring (bicyclic) bond motifs is 1. The summed E-state index contributed by atoms with van der Waals surface area (Å²) >= 11 is 0. The minimum Gasteiger partial charge on any atom is -0.462 e. The van der Waals surface area contributed by atoms with E-state index in [4.69, 9.17) is 13.7 Å². The number of ether oxygens (including phenoxy) is 2. The van der Waals surface area contributed by atoms with Crippen LogP contribution in [0, 0.1) is 0 Å². The van der Waals surface area contributed by atoms with Gasteiger partial charge in [-0.2, -0.15) is 0 Å². The van der Waals surface area contributed by atoms with Crippen molar-refractivity contribution < 1.29 is 22.1 Å². The number of hydrogen-bond acceptors (Lipinski definition) is 5. The van der Waals surface area contributed by atoms with E-state index in [1.807, 2.05) is 24.3 Å². The fourth-order valence-electron chi connectivity index (χ4n) is 2.77. The third-order valence-corrected chi connectivity index (χ3v) is 3.98. The molecular formula is C13H16O5S. The Balaban J connectivity index is 1.89. The van der Waals surface area contributed by atoms with E-state index < -0.39 is 22.9 Å². The summed E-state index contributed by atoms with van der Waals surface area (Å²) in [5.41, 5.74) is 0.844. The van der Waals surface area contributed by atoms with E-state index in [-0.39, 0.29) is 6.61 Å². The van der Waals surface area contributed by atoms with Crippen LogP contribution in [0.3, 0.4) is 0 Å². The molecular weight excluding hydrogens is 268 g/mol. The van der Waals surface area contributed by atoms with Gasteiger partial charge in [0.05, 0.1) is 6.61 Å². The maximum Gasteiger partial charge on any atom is 0.257 e. The van der Waals surface area contributed by atoms with Crippen molar-refractivity contribution in [3.8, 4) is 5.75 Å². The Morgan fingerprint density at radius 3 is 2.74 bits per heavy atom. The Labute approximate surface area is 113 Å². The second-order valence-electron chi connectivity index (χ2n) is 4.88. The molecule has 1 aromatic rings. The second kappa shape index (κ2) is 5.11. The van der Waals surface area contributed by atoms with Crippen molar-refractivity contribution in [3.63, 3.8) is 0 Å². The topological polar surface area (TPSA) is 61.8 Å². The lowest BCUT2D eigenvalue weighted by Gasteiger charge is -2.39. The van der Waals surface area contributed by atoms with Crippen LogP contribution in [0.5, 0.6) is 5.75 Å². The minimum atomic E-state index is -2.86. The van der Waals surface area contributed by atoms with Crippen LogP contribution in [0.25, 0.3) is 0 Å². The number of para-hydroxylation sites is 1. The SMILES string of the molecule is O=[SH](=O)OCC1OC2(CCCC2)Oc2ccccc21. The third-order valence-electron chi connectivity index (χ3n) is 3.62. The van der Waals surface area contributed by atoms with E-state index in [0.717, 1.165) is 37.0 Å². The summed E-state index contributed by atoms with van der Waals surface area (Å²) in [7, 11) is -2.86. The van der Waals surface area contributed by atoms with Crippen molar-refractivity contribution in [2.45, 2.75) is 37.6 Å². The van der Waals surface area contributed by atoms with Crippen LogP contribution in [0.4, 0.5) is 0 Å². The van der Waals surface area contributed by atoms with Crippen molar-refractivity contribution >= 4 is 11.0 Å². The standard InChI is InChI=1S/C13H16O5S/c14-19(15)16-9-12-10-5-1-2-6-11(10)17-13(18-12)7-3-4-8-13/h1-2,5-6,12,19H,3-4,7-9H2. The van der Waals surface area contributed by atoms with E-state index in [1.165, 1.54) is 0 Å². The molecule has 1 heterocycles. The fraction of sp³-hybridized carbons (Fsp3) is 0.538. The highest BCUT2D eigenvalue weighted by Crippen LogP contribution is 2.45. The lowest BCUT2D eigenvalue weighted by atomic mass is 10.1. The zero-order chi connectivity index (χ0) is 13.3. The van der Waals surface area contributed by atoms with Gasteiger partial charge in [0.2, 0.25) is 5.79 Å². The minimum absolute atomic E-state index is 0.000820. The molecule has 19 heavy (non-hydrogen) atoms. The van der Waals surface area contributed by atoms with Crippen LogP contribution in [-0.2, 0) is 19.9 Å². The molecule has 1 aliphatic carbocycles. The summed E-state index contributed by atoms with van der Waals surface area (Å²) in [6.45, 7) is 0.000820. The molecule has 1 fully saturated rings. The third kappa shape index (κ3) is 2.61. The zero-order valence-corrected chi connectivity index (χ0v) is 11.3. The van der Waals surface area contributed by atoms with Gasteiger partial charge in [-0.1, -0.05) is 18.2 Å². The van der Waals surface area contributed by atoms with Crippen molar-refractivity contribution in [3.05, 3.63) is 29.8 Å². The summed E-state index contributed by atoms with van der Waals surface area (Å²) < 4.78 is 37.9. The molecule has 2 aliphatic rings. The summed E-state index contributed by atoms with van der Waals surface area (Å²) in [5.74, 6) is 0.169. The van der Waals surface area contributed by atoms with Gasteiger partial charge in [0.15, 0.2) is 0 Å². The molecule has 0 aromatic heterocycles. The summed E-state index contributed by atoms with van der Waals surface area (Å²) in [5, 5.41) is 0. The van der Waals surface area contributed by atoms with Crippen molar-refractivity contribution in [2.24, 2.45) is 0 Å². The first-order valence-corrected chi connectivity index (χ1v) is 7.51. The molecule has 0 bridgehead atoms. The molecule has 6 heteroatoms. The van der Waals surface area contributed by atoms with E-state index in [0.29, 0.717) is 0 Å². The maximum absolute atomic E-state index is 10.6. The predicted molar refractivity (Wildman–Crippen MR) is 68.4 cm³/mol.